The Kier molecular flexibility index (Phi) is 6.08. The van der Waals surface area contributed by atoms with Crippen molar-refractivity contribution in [1.29, 1.82) is 0 Å². The number of nitrogens with two attached hydrogens (primary N) is 1. The lowest BCUT2D eigenvalue weighted by Gasteiger charge is -2.11. The number of fused-ring (bicyclic) bond motifs is 1. The molecule has 2 N–H and O–H groups in total. The van der Waals surface area contributed by atoms with Crippen molar-refractivity contribution >= 4 is 28.6 Å². The molecule has 0 amide bonds. The molecule has 0 aliphatic carbocycles. The molecule has 0 fully saturated rings. The SMILES string of the molecule is COCCc1nc2c(N)nc(C)c(C)c2n1CCCCSC. The van der Waals surface area contributed by atoms with Crippen LogP contribution in [-0.2, 0) is 17.7 Å². The normalized spacial score (nSPS) is 11.5. The Balaban J connectivity index is 2.42. The van der Waals surface area contributed by atoms with Gasteiger partial charge in [0.05, 0.1) is 12.1 Å². The van der Waals surface area contributed by atoms with Gasteiger partial charge in [0.15, 0.2) is 5.82 Å². The molecule has 0 saturated heterocycles. The summed E-state index contributed by atoms with van der Waals surface area (Å²) in [6.45, 7) is 5.74. The number of nitrogen functional groups attached to an aromatic ring is 1. The van der Waals surface area contributed by atoms with E-state index >= 15 is 0 Å². The monoisotopic (exact) mass is 322 g/mol. The summed E-state index contributed by atoms with van der Waals surface area (Å²) in [5, 5.41) is 0. The van der Waals surface area contributed by atoms with Crippen LogP contribution in [0.25, 0.3) is 11.0 Å². The van der Waals surface area contributed by atoms with E-state index in [-0.39, 0.29) is 0 Å². The van der Waals surface area contributed by atoms with E-state index in [0.717, 1.165) is 41.9 Å². The molecule has 2 rings (SSSR count). The van der Waals surface area contributed by atoms with Crippen LogP contribution in [-0.4, -0.2) is 40.3 Å². The summed E-state index contributed by atoms with van der Waals surface area (Å²) in [5.41, 5.74) is 10.2. The third kappa shape index (κ3) is 3.55. The Labute approximate surface area is 136 Å². The molecule has 2 aromatic heterocycles. The molecule has 22 heavy (non-hydrogen) atoms. The average molecular weight is 322 g/mol. The fraction of sp³-hybridized carbons (Fsp3) is 0.625. The minimum Gasteiger partial charge on any atom is -0.384 e. The number of methoxy groups -OCH3 is 1. The van der Waals surface area contributed by atoms with Crippen LogP contribution in [0, 0.1) is 13.8 Å². The topological polar surface area (TPSA) is 66.0 Å². The van der Waals surface area contributed by atoms with Crippen LogP contribution in [0.2, 0.25) is 0 Å². The van der Waals surface area contributed by atoms with E-state index in [4.69, 9.17) is 15.5 Å². The summed E-state index contributed by atoms with van der Waals surface area (Å²) in [4.78, 5) is 9.15. The molecular weight excluding hydrogens is 296 g/mol. The van der Waals surface area contributed by atoms with E-state index in [0.29, 0.717) is 12.4 Å². The van der Waals surface area contributed by atoms with Gasteiger partial charge in [-0.2, -0.15) is 11.8 Å². The molecule has 0 aliphatic rings. The molecule has 0 aliphatic heterocycles. The van der Waals surface area contributed by atoms with Crippen LogP contribution < -0.4 is 5.73 Å². The number of aromatic nitrogens is 3. The second-order valence-corrected chi connectivity index (χ2v) is 6.51. The fourth-order valence-corrected chi connectivity index (χ4v) is 3.18. The average Bonchev–Trinajstić information content (AvgIpc) is 2.86. The largest absolute Gasteiger partial charge is 0.384 e. The minimum absolute atomic E-state index is 0.527. The van der Waals surface area contributed by atoms with Crippen molar-refractivity contribution in [2.75, 3.05) is 31.5 Å². The Morgan fingerprint density at radius 3 is 2.68 bits per heavy atom. The maximum Gasteiger partial charge on any atom is 0.151 e. The van der Waals surface area contributed by atoms with Gasteiger partial charge in [0.1, 0.15) is 11.3 Å². The molecule has 5 nitrogen and oxygen atoms in total. The lowest BCUT2D eigenvalue weighted by molar-refractivity contribution is 0.199. The summed E-state index contributed by atoms with van der Waals surface area (Å²) in [5.74, 6) is 2.77. The molecule has 0 saturated carbocycles. The van der Waals surface area contributed by atoms with Gasteiger partial charge in [-0.05, 0) is 44.3 Å². The fourth-order valence-electron chi connectivity index (χ4n) is 2.69. The van der Waals surface area contributed by atoms with Gasteiger partial charge in [-0.25, -0.2) is 9.97 Å². The maximum absolute atomic E-state index is 6.09. The van der Waals surface area contributed by atoms with Crippen molar-refractivity contribution in [3.63, 3.8) is 0 Å². The van der Waals surface area contributed by atoms with Gasteiger partial charge in [-0.3, -0.25) is 0 Å². The number of hydrogen-bond acceptors (Lipinski definition) is 5. The summed E-state index contributed by atoms with van der Waals surface area (Å²) < 4.78 is 7.54. The highest BCUT2D eigenvalue weighted by atomic mass is 32.2. The van der Waals surface area contributed by atoms with Gasteiger partial charge in [0.25, 0.3) is 0 Å². The van der Waals surface area contributed by atoms with E-state index in [1.165, 1.54) is 17.7 Å². The number of nitrogens with zero attached hydrogens (tertiary/aromatic N) is 3. The molecule has 0 unspecified atom stereocenters. The summed E-state index contributed by atoms with van der Waals surface area (Å²) in [6, 6.07) is 0. The quantitative estimate of drug-likeness (QED) is 0.757. The first kappa shape index (κ1) is 17.1. The van der Waals surface area contributed by atoms with Gasteiger partial charge < -0.3 is 15.0 Å². The minimum atomic E-state index is 0.527. The third-order valence-corrected chi connectivity index (χ3v) is 4.68. The first-order chi connectivity index (χ1) is 10.6. The Hall–Kier alpha value is -1.27. The van der Waals surface area contributed by atoms with Gasteiger partial charge in [-0.1, -0.05) is 0 Å². The number of imidazole rings is 1. The zero-order chi connectivity index (χ0) is 16.1. The van der Waals surface area contributed by atoms with E-state index in [9.17, 15) is 0 Å². The summed E-state index contributed by atoms with van der Waals surface area (Å²) in [6.07, 6.45) is 5.30. The number of hydrogen-bond donors (Lipinski definition) is 1. The van der Waals surface area contributed by atoms with Crippen LogP contribution in [0.4, 0.5) is 5.82 Å². The van der Waals surface area contributed by atoms with Crippen molar-refractivity contribution in [2.45, 2.75) is 39.7 Å². The highest BCUT2D eigenvalue weighted by Crippen LogP contribution is 2.26. The second kappa shape index (κ2) is 7.83. The van der Waals surface area contributed by atoms with Crippen molar-refractivity contribution in [1.82, 2.24) is 14.5 Å². The molecule has 6 heteroatoms. The van der Waals surface area contributed by atoms with Crippen LogP contribution in [0.1, 0.15) is 29.9 Å². The molecular formula is C16H26N4OS. The zero-order valence-electron chi connectivity index (χ0n) is 14.0. The number of ether oxygens (including phenoxy) is 1. The molecule has 122 valence electrons. The van der Waals surface area contributed by atoms with Gasteiger partial charge in [0.2, 0.25) is 0 Å². The van der Waals surface area contributed by atoms with E-state index < -0.39 is 0 Å². The molecule has 2 aromatic rings. The van der Waals surface area contributed by atoms with Crippen LogP contribution in [0.3, 0.4) is 0 Å². The van der Waals surface area contributed by atoms with E-state index in [1.54, 1.807) is 7.11 Å². The van der Waals surface area contributed by atoms with Crippen molar-refractivity contribution in [3.05, 3.63) is 17.1 Å². The second-order valence-electron chi connectivity index (χ2n) is 5.53. The predicted molar refractivity (Wildman–Crippen MR) is 94.6 cm³/mol. The van der Waals surface area contributed by atoms with Crippen LogP contribution >= 0.6 is 11.8 Å². The third-order valence-electron chi connectivity index (χ3n) is 3.99. The summed E-state index contributed by atoms with van der Waals surface area (Å²) >= 11 is 1.89. The van der Waals surface area contributed by atoms with Gasteiger partial charge in [-0.15, -0.1) is 0 Å². The van der Waals surface area contributed by atoms with E-state index in [2.05, 4.69) is 22.7 Å². The Bertz CT molecular complexity index is 639. The number of anilines is 1. The number of pyridine rings is 1. The van der Waals surface area contributed by atoms with Crippen molar-refractivity contribution in [2.24, 2.45) is 0 Å². The zero-order valence-corrected chi connectivity index (χ0v) is 14.8. The first-order valence-electron chi connectivity index (χ1n) is 7.69. The molecule has 0 radical (unpaired) electrons. The highest BCUT2D eigenvalue weighted by Gasteiger charge is 2.17. The van der Waals surface area contributed by atoms with Gasteiger partial charge in [0, 0.05) is 25.8 Å². The van der Waals surface area contributed by atoms with Crippen molar-refractivity contribution in [3.8, 4) is 0 Å². The van der Waals surface area contributed by atoms with Crippen molar-refractivity contribution < 1.29 is 4.74 Å². The van der Waals surface area contributed by atoms with Crippen LogP contribution in [0.15, 0.2) is 0 Å². The highest BCUT2D eigenvalue weighted by molar-refractivity contribution is 7.98. The number of aryl methyl sites for hydroxylation is 3. The van der Waals surface area contributed by atoms with E-state index in [1.807, 2.05) is 18.7 Å². The Morgan fingerprint density at radius 1 is 1.23 bits per heavy atom. The Morgan fingerprint density at radius 2 is 2.00 bits per heavy atom. The molecule has 0 atom stereocenters. The lowest BCUT2D eigenvalue weighted by Crippen LogP contribution is -2.08. The number of unbranched alkanes of at least 4 members (excludes halogenated alkanes) is 1. The maximum atomic E-state index is 6.09. The smallest absolute Gasteiger partial charge is 0.151 e. The van der Waals surface area contributed by atoms with Gasteiger partial charge >= 0.3 is 0 Å². The first-order valence-corrected chi connectivity index (χ1v) is 9.09. The van der Waals surface area contributed by atoms with Crippen LogP contribution in [0.5, 0.6) is 0 Å². The molecule has 0 bridgehead atoms. The molecule has 0 aromatic carbocycles. The standard InChI is InChI=1S/C16H26N4OS/c1-11-12(2)18-16(17)14-15(11)20(8-5-6-10-22-4)13(19-14)7-9-21-3/h5-10H2,1-4H3,(H2,17,18). The summed E-state index contributed by atoms with van der Waals surface area (Å²) in [7, 11) is 1.72. The molecule has 2 heterocycles. The lowest BCUT2D eigenvalue weighted by atomic mass is 10.2. The number of thioether (sulfide) groups is 1. The molecule has 0 spiro atoms. The number of rotatable bonds is 8. The predicted octanol–water partition coefficient (Wildman–Crippen LogP) is 2.96.